The number of nitrogens with zero attached hydrogens (tertiary/aromatic N) is 1. The van der Waals surface area contributed by atoms with Crippen LogP contribution in [0.4, 0.5) is 4.79 Å². The number of hydrogen-bond donors (Lipinski definition) is 0. The topological polar surface area (TPSA) is 99.0 Å². The van der Waals surface area contributed by atoms with Crippen molar-refractivity contribution in [3.63, 3.8) is 0 Å². The van der Waals surface area contributed by atoms with Gasteiger partial charge in [-0.3, -0.25) is 9.08 Å². The van der Waals surface area contributed by atoms with Crippen molar-refractivity contribution < 1.29 is 31.7 Å². The number of fused-ring (bicyclic) bond motifs is 1. The molecule has 2 rings (SSSR count). The van der Waals surface area contributed by atoms with Gasteiger partial charge in [-0.25, -0.2) is 9.59 Å². The van der Waals surface area contributed by atoms with Gasteiger partial charge in [-0.2, -0.15) is 8.42 Å². The summed E-state index contributed by atoms with van der Waals surface area (Å²) in [5.41, 5.74) is -0.373. The normalized spacial score (nSPS) is 26.3. The first-order chi connectivity index (χ1) is 10.9. The van der Waals surface area contributed by atoms with Crippen molar-refractivity contribution in [1.82, 2.24) is 4.90 Å². The molecule has 0 spiro atoms. The van der Waals surface area contributed by atoms with Gasteiger partial charge in [0.2, 0.25) is 0 Å². The molecule has 24 heavy (non-hydrogen) atoms. The molecule has 0 N–H and O–H groups in total. The molecule has 1 aliphatic heterocycles. The number of carbonyl (C=O) groups excluding carboxylic acids is 2. The summed E-state index contributed by atoms with van der Waals surface area (Å²) in [7, 11) is -3.73. The third-order valence-corrected chi connectivity index (χ3v) is 4.11. The fourth-order valence-electron chi connectivity index (χ4n) is 2.71. The van der Waals surface area contributed by atoms with E-state index in [-0.39, 0.29) is 13.0 Å². The molecule has 9 heteroatoms. The second-order valence-electron chi connectivity index (χ2n) is 6.82. The highest BCUT2D eigenvalue weighted by Crippen LogP contribution is 2.42. The molecular weight excluding hydrogens is 338 g/mol. The molecule has 2 aliphatic rings. The van der Waals surface area contributed by atoms with E-state index >= 15 is 0 Å². The van der Waals surface area contributed by atoms with Crippen molar-refractivity contribution in [1.29, 1.82) is 0 Å². The van der Waals surface area contributed by atoms with Gasteiger partial charge >= 0.3 is 12.1 Å². The maximum Gasteiger partial charge on any atom is 0.411 e. The van der Waals surface area contributed by atoms with E-state index in [4.69, 9.17) is 13.7 Å². The molecule has 0 bridgehead atoms. The molecule has 0 saturated carbocycles. The Balaban J connectivity index is 2.21. The van der Waals surface area contributed by atoms with Gasteiger partial charge in [-0.15, -0.1) is 0 Å². The standard InChI is InChI=1S/C15H23NO7S/c1-6-21-13(17)9-7-10-12(11(8-9)23-24(5,19)20)16(10)14(18)22-15(2,3)4/h7,10-12H,6,8H2,1-5H3/t10-,11+,12-,16?/m0/s1. The van der Waals surface area contributed by atoms with E-state index in [1.165, 1.54) is 4.90 Å². The van der Waals surface area contributed by atoms with Crippen LogP contribution in [0, 0.1) is 0 Å². The Bertz CT molecular complexity index is 662. The first-order valence-corrected chi connectivity index (χ1v) is 9.52. The summed E-state index contributed by atoms with van der Waals surface area (Å²) >= 11 is 0. The van der Waals surface area contributed by atoms with E-state index in [1.54, 1.807) is 33.8 Å². The minimum absolute atomic E-state index is 0.0619. The van der Waals surface area contributed by atoms with Crippen LogP contribution in [0.15, 0.2) is 11.6 Å². The molecule has 1 amide bonds. The molecular formula is C15H23NO7S. The minimum atomic E-state index is -3.73. The lowest BCUT2D eigenvalue weighted by Gasteiger charge is -2.21. The third kappa shape index (κ3) is 4.47. The maximum absolute atomic E-state index is 12.3. The van der Waals surface area contributed by atoms with Gasteiger partial charge in [0.05, 0.1) is 24.9 Å². The van der Waals surface area contributed by atoms with Gasteiger partial charge < -0.3 is 9.47 Å². The van der Waals surface area contributed by atoms with Crippen LogP contribution < -0.4 is 0 Å². The van der Waals surface area contributed by atoms with E-state index in [0.717, 1.165) is 6.26 Å². The van der Waals surface area contributed by atoms with E-state index in [2.05, 4.69) is 0 Å². The van der Waals surface area contributed by atoms with Crippen LogP contribution in [0.2, 0.25) is 0 Å². The number of ether oxygens (including phenoxy) is 2. The number of amides is 1. The van der Waals surface area contributed by atoms with Gasteiger partial charge in [-0.1, -0.05) is 0 Å². The molecule has 0 aromatic heterocycles. The summed E-state index contributed by atoms with van der Waals surface area (Å²) in [6, 6.07) is -0.896. The monoisotopic (exact) mass is 361 g/mol. The van der Waals surface area contributed by atoms with Gasteiger partial charge in [-0.05, 0) is 33.8 Å². The smallest absolute Gasteiger partial charge is 0.411 e. The lowest BCUT2D eigenvalue weighted by atomic mass is 9.97. The Morgan fingerprint density at radius 1 is 1.33 bits per heavy atom. The Labute approximate surface area is 141 Å². The predicted octanol–water partition coefficient (Wildman–Crippen LogP) is 1.21. The van der Waals surface area contributed by atoms with Crippen molar-refractivity contribution in [3.8, 4) is 0 Å². The number of hydrogen-bond acceptors (Lipinski definition) is 7. The average molecular weight is 361 g/mol. The maximum atomic E-state index is 12.3. The summed E-state index contributed by atoms with van der Waals surface area (Å²) in [5, 5.41) is 0. The molecule has 1 aliphatic carbocycles. The molecule has 1 saturated heterocycles. The molecule has 3 atom stereocenters. The summed E-state index contributed by atoms with van der Waals surface area (Å²) in [6.45, 7) is 7.10. The van der Waals surface area contributed by atoms with Gasteiger partial charge in [0, 0.05) is 12.0 Å². The predicted molar refractivity (Wildman–Crippen MR) is 84.7 cm³/mol. The molecule has 0 radical (unpaired) electrons. The van der Waals surface area contributed by atoms with Crippen molar-refractivity contribution in [2.24, 2.45) is 0 Å². The fraction of sp³-hybridized carbons (Fsp3) is 0.733. The fourth-order valence-corrected chi connectivity index (χ4v) is 3.34. The summed E-state index contributed by atoms with van der Waals surface area (Å²) in [4.78, 5) is 25.6. The molecule has 136 valence electrons. The first-order valence-electron chi connectivity index (χ1n) is 7.70. The second kappa shape index (κ2) is 6.36. The summed E-state index contributed by atoms with van der Waals surface area (Å²) in [5.74, 6) is -0.533. The van der Waals surface area contributed by atoms with Crippen LogP contribution in [0.5, 0.6) is 0 Å². The summed E-state index contributed by atoms with van der Waals surface area (Å²) in [6.07, 6.45) is 1.22. The van der Waals surface area contributed by atoms with Crippen LogP contribution >= 0.6 is 0 Å². The average Bonchev–Trinajstić information content (AvgIpc) is 3.09. The number of rotatable bonds is 4. The van der Waals surface area contributed by atoms with Crippen LogP contribution in [0.25, 0.3) is 0 Å². The molecule has 8 nitrogen and oxygen atoms in total. The highest BCUT2D eigenvalue weighted by molar-refractivity contribution is 7.86. The van der Waals surface area contributed by atoms with E-state index in [1.807, 2.05) is 0 Å². The molecule has 0 aromatic carbocycles. The number of carbonyl (C=O) groups is 2. The minimum Gasteiger partial charge on any atom is -0.463 e. The van der Waals surface area contributed by atoms with E-state index in [9.17, 15) is 18.0 Å². The van der Waals surface area contributed by atoms with Crippen molar-refractivity contribution in [2.75, 3.05) is 12.9 Å². The molecule has 0 aromatic rings. The van der Waals surface area contributed by atoms with Crippen LogP contribution in [-0.4, -0.2) is 62.0 Å². The quantitative estimate of drug-likeness (QED) is 0.421. The van der Waals surface area contributed by atoms with E-state index in [0.29, 0.717) is 5.57 Å². The van der Waals surface area contributed by atoms with Crippen LogP contribution in [0.3, 0.4) is 0 Å². The Morgan fingerprint density at radius 3 is 2.46 bits per heavy atom. The zero-order valence-electron chi connectivity index (χ0n) is 14.4. The second-order valence-corrected chi connectivity index (χ2v) is 8.42. The first kappa shape index (κ1) is 18.7. The zero-order valence-corrected chi connectivity index (χ0v) is 15.3. The molecule has 1 fully saturated rings. The Kier molecular flexibility index (Phi) is 4.96. The van der Waals surface area contributed by atoms with Crippen molar-refractivity contribution in [2.45, 2.75) is 57.9 Å². The van der Waals surface area contributed by atoms with Crippen LogP contribution in [-0.2, 0) is 28.6 Å². The van der Waals surface area contributed by atoms with Gasteiger partial charge in [0.15, 0.2) is 0 Å². The Morgan fingerprint density at radius 2 is 1.96 bits per heavy atom. The third-order valence-electron chi connectivity index (χ3n) is 3.52. The van der Waals surface area contributed by atoms with Crippen molar-refractivity contribution in [3.05, 3.63) is 11.6 Å². The molecule has 0 unspecified atom stereocenters. The van der Waals surface area contributed by atoms with Gasteiger partial charge in [0.25, 0.3) is 10.1 Å². The van der Waals surface area contributed by atoms with Crippen molar-refractivity contribution >= 4 is 22.2 Å². The van der Waals surface area contributed by atoms with E-state index < -0.39 is 46.0 Å². The lowest BCUT2D eigenvalue weighted by molar-refractivity contribution is -0.139. The zero-order chi connectivity index (χ0) is 18.3. The lowest BCUT2D eigenvalue weighted by Crippen LogP contribution is -2.33. The largest absolute Gasteiger partial charge is 0.463 e. The number of esters is 1. The van der Waals surface area contributed by atoms with Gasteiger partial charge in [0.1, 0.15) is 11.7 Å². The highest BCUT2D eigenvalue weighted by atomic mass is 32.2. The van der Waals surface area contributed by atoms with Crippen LogP contribution in [0.1, 0.15) is 34.1 Å². The Hall–Kier alpha value is -1.61. The molecule has 1 heterocycles. The summed E-state index contributed by atoms with van der Waals surface area (Å²) < 4.78 is 38.3. The SMILES string of the molecule is CCOC(=O)C1=C[C@H]2[C@@H]([C@H](OS(C)(=O)=O)C1)N2C(=O)OC(C)(C)C. The highest BCUT2D eigenvalue weighted by Gasteiger charge is 2.59.